The molecular formula is C24H21FN4O. The van der Waals surface area contributed by atoms with Gasteiger partial charge in [0.1, 0.15) is 11.6 Å². The van der Waals surface area contributed by atoms with Gasteiger partial charge in [0, 0.05) is 23.1 Å². The Morgan fingerprint density at radius 3 is 2.50 bits per heavy atom. The predicted octanol–water partition coefficient (Wildman–Crippen LogP) is 4.87. The number of anilines is 1. The third kappa shape index (κ3) is 4.27. The van der Waals surface area contributed by atoms with Gasteiger partial charge in [0.2, 0.25) is 5.91 Å². The number of aryl methyl sites for hydroxylation is 2. The lowest BCUT2D eigenvalue weighted by Gasteiger charge is -2.09. The highest BCUT2D eigenvalue weighted by Crippen LogP contribution is 2.26. The molecule has 1 N–H and O–H groups in total. The van der Waals surface area contributed by atoms with Gasteiger partial charge in [-0.3, -0.25) is 14.3 Å². The van der Waals surface area contributed by atoms with Gasteiger partial charge in [-0.15, -0.1) is 0 Å². The van der Waals surface area contributed by atoms with Crippen molar-refractivity contribution in [1.82, 2.24) is 14.5 Å². The average Bonchev–Trinajstić information content (AvgIpc) is 3.14. The summed E-state index contributed by atoms with van der Waals surface area (Å²) in [5.74, 6) is 0.189. The predicted molar refractivity (Wildman–Crippen MR) is 115 cm³/mol. The Bertz CT molecular complexity index is 1180. The molecule has 2 heterocycles. The highest BCUT2D eigenvalue weighted by molar-refractivity contribution is 5.92. The molecule has 2 aromatic heterocycles. The van der Waals surface area contributed by atoms with Crippen LogP contribution < -0.4 is 5.32 Å². The van der Waals surface area contributed by atoms with Crippen molar-refractivity contribution in [2.45, 2.75) is 20.3 Å². The van der Waals surface area contributed by atoms with E-state index in [4.69, 9.17) is 4.98 Å². The SMILES string of the molecule is Cc1ccc(-n2cc(CC(=O)Nc3ccc(F)cc3)nc2-c2ccccc2C)cn1. The number of carbonyl (C=O) groups is 1. The summed E-state index contributed by atoms with van der Waals surface area (Å²) in [6.45, 7) is 3.97. The number of amides is 1. The number of halogens is 1. The first kappa shape index (κ1) is 19.5. The van der Waals surface area contributed by atoms with Gasteiger partial charge in [0.15, 0.2) is 0 Å². The summed E-state index contributed by atoms with van der Waals surface area (Å²) >= 11 is 0. The van der Waals surface area contributed by atoms with E-state index < -0.39 is 0 Å². The summed E-state index contributed by atoms with van der Waals surface area (Å²) in [6, 6.07) is 17.6. The maximum absolute atomic E-state index is 13.1. The number of pyridine rings is 1. The van der Waals surface area contributed by atoms with Crippen molar-refractivity contribution < 1.29 is 9.18 Å². The molecule has 0 aliphatic carbocycles. The minimum atomic E-state index is -0.346. The summed E-state index contributed by atoms with van der Waals surface area (Å²) in [5, 5.41) is 2.78. The van der Waals surface area contributed by atoms with Gasteiger partial charge >= 0.3 is 0 Å². The molecule has 0 bridgehead atoms. The second-order valence-corrected chi connectivity index (χ2v) is 7.13. The third-order valence-electron chi connectivity index (χ3n) is 4.79. The Morgan fingerprint density at radius 2 is 1.80 bits per heavy atom. The molecule has 6 heteroatoms. The van der Waals surface area contributed by atoms with Crippen LogP contribution >= 0.6 is 0 Å². The fourth-order valence-corrected chi connectivity index (χ4v) is 3.23. The van der Waals surface area contributed by atoms with E-state index in [1.54, 1.807) is 6.20 Å². The number of benzene rings is 2. The zero-order chi connectivity index (χ0) is 21.1. The second-order valence-electron chi connectivity index (χ2n) is 7.13. The van der Waals surface area contributed by atoms with E-state index in [-0.39, 0.29) is 18.1 Å². The van der Waals surface area contributed by atoms with E-state index in [9.17, 15) is 9.18 Å². The summed E-state index contributed by atoms with van der Waals surface area (Å²) in [5.41, 5.74) is 5.05. The minimum absolute atomic E-state index is 0.0997. The van der Waals surface area contributed by atoms with E-state index in [0.717, 1.165) is 28.3 Å². The van der Waals surface area contributed by atoms with Crippen LogP contribution in [0.4, 0.5) is 10.1 Å². The maximum atomic E-state index is 13.1. The molecule has 0 radical (unpaired) electrons. The Labute approximate surface area is 174 Å². The molecule has 0 saturated heterocycles. The lowest BCUT2D eigenvalue weighted by atomic mass is 10.1. The van der Waals surface area contributed by atoms with Crippen molar-refractivity contribution in [3.05, 3.63) is 95.8 Å². The Morgan fingerprint density at radius 1 is 1.03 bits per heavy atom. The van der Waals surface area contributed by atoms with Crippen molar-refractivity contribution in [2.75, 3.05) is 5.32 Å². The molecule has 30 heavy (non-hydrogen) atoms. The summed E-state index contributed by atoms with van der Waals surface area (Å²) in [6.07, 6.45) is 3.75. The van der Waals surface area contributed by atoms with Gasteiger partial charge < -0.3 is 5.32 Å². The number of hydrogen-bond donors (Lipinski definition) is 1. The zero-order valence-corrected chi connectivity index (χ0v) is 16.8. The highest BCUT2D eigenvalue weighted by Gasteiger charge is 2.16. The topological polar surface area (TPSA) is 59.8 Å². The van der Waals surface area contributed by atoms with Gasteiger partial charge in [-0.25, -0.2) is 9.37 Å². The number of aromatic nitrogens is 3. The van der Waals surface area contributed by atoms with E-state index in [2.05, 4.69) is 10.3 Å². The van der Waals surface area contributed by atoms with E-state index in [1.165, 1.54) is 24.3 Å². The molecule has 1 amide bonds. The quantitative estimate of drug-likeness (QED) is 0.520. The summed E-state index contributed by atoms with van der Waals surface area (Å²) < 4.78 is 15.0. The Balaban J connectivity index is 1.66. The van der Waals surface area contributed by atoms with E-state index >= 15 is 0 Å². The third-order valence-corrected chi connectivity index (χ3v) is 4.79. The molecule has 0 unspecified atom stereocenters. The van der Waals surface area contributed by atoms with Gasteiger partial charge in [-0.05, 0) is 55.8 Å². The van der Waals surface area contributed by atoms with Gasteiger partial charge in [-0.2, -0.15) is 0 Å². The summed E-state index contributed by atoms with van der Waals surface area (Å²) in [4.78, 5) is 21.6. The van der Waals surface area contributed by atoms with Gasteiger partial charge in [-0.1, -0.05) is 24.3 Å². The number of nitrogens with zero attached hydrogens (tertiary/aromatic N) is 3. The van der Waals surface area contributed by atoms with Crippen molar-refractivity contribution >= 4 is 11.6 Å². The first-order chi connectivity index (χ1) is 14.5. The van der Waals surface area contributed by atoms with Gasteiger partial charge in [0.25, 0.3) is 0 Å². The molecular weight excluding hydrogens is 379 g/mol. The molecule has 2 aromatic carbocycles. The van der Waals surface area contributed by atoms with Crippen LogP contribution in [0.15, 0.2) is 73.1 Å². The van der Waals surface area contributed by atoms with Gasteiger partial charge in [0.05, 0.1) is 24.0 Å². The molecule has 4 rings (SSSR count). The van der Waals surface area contributed by atoms with Crippen LogP contribution in [-0.2, 0) is 11.2 Å². The van der Waals surface area contributed by atoms with Crippen molar-refractivity contribution in [3.8, 4) is 17.1 Å². The molecule has 0 atom stereocenters. The number of hydrogen-bond acceptors (Lipinski definition) is 3. The Hall–Kier alpha value is -3.80. The second kappa shape index (κ2) is 8.29. The molecule has 4 aromatic rings. The summed E-state index contributed by atoms with van der Waals surface area (Å²) in [7, 11) is 0. The van der Waals surface area contributed by atoms with Crippen molar-refractivity contribution in [3.63, 3.8) is 0 Å². The number of nitrogens with one attached hydrogen (secondary N) is 1. The molecule has 5 nitrogen and oxygen atoms in total. The van der Waals surface area contributed by atoms with Crippen molar-refractivity contribution in [2.24, 2.45) is 0 Å². The van der Waals surface area contributed by atoms with Crippen molar-refractivity contribution in [1.29, 1.82) is 0 Å². The molecule has 0 aliphatic rings. The molecule has 0 fully saturated rings. The van der Waals surface area contributed by atoms with Crippen LogP contribution in [0.2, 0.25) is 0 Å². The van der Waals surface area contributed by atoms with Crippen LogP contribution in [0.1, 0.15) is 17.0 Å². The van der Waals surface area contributed by atoms with Crippen LogP contribution in [0, 0.1) is 19.7 Å². The zero-order valence-electron chi connectivity index (χ0n) is 16.8. The molecule has 150 valence electrons. The number of rotatable bonds is 5. The van der Waals surface area contributed by atoms with Crippen LogP contribution in [0.5, 0.6) is 0 Å². The normalized spacial score (nSPS) is 10.8. The Kier molecular flexibility index (Phi) is 5.39. The largest absolute Gasteiger partial charge is 0.326 e. The molecule has 0 saturated carbocycles. The molecule has 0 spiro atoms. The number of carbonyl (C=O) groups excluding carboxylic acids is 1. The molecule has 0 aliphatic heterocycles. The monoisotopic (exact) mass is 400 g/mol. The van der Waals surface area contributed by atoms with Crippen LogP contribution in [-0.4, -0.2) is 20.4 Å². The van der Waals surface area contributed by atoms with E-state index in [1.807, 2.05) is 61.0 Å². The fourth-order valence-electron chi connectivity index (χ4n) is 3.23. The fraction of sp³-hybridized carbons (Fsp3) is 0.125. The first-order valence-corrected chi connectivity index (χ1v) is 9.62. The minimum Gasteiger partial charge on any atom is -0.326 e. The standard InChI is InChI=1S/C24H21FN4O/c1-16-5-3-4-6-22(16)24-28-20(15-29(24)21-12-7-17(2)26-14-21)13-23(30)27-19-10-8-18(25)9-11-19/h3-12,14-15H,13H2,1-2H3,(H,27,30). The van der Waals surface area contributed by atoms with Crippen LogP contribution in [0.25, 0.3) is 17.1 Å². The van der Waals surface area contributed by atoms with Crippen LogP contribution in [0.3, 0.4) is 0 Å². The maximum Gasteiger partial charge on any atom is 0.230 e. The lowest BCUT2D eigenvalue weighted by molar-refractivity contribution is -0.115. The van der Waals surface area contributed by atoms with E-state index in [0.29, 0.717) is 11.4 Å². The average molecular weight is 400 g/mol. The lowest BCUT2D eigenvalue weighted by Crippen LogP contribution is -2.14. The number of imidazole rings is 1. The first-order valence-electron chi connectivity index (χ1n) is 9.62. The highest BCUT2D eigenvalue weighted by atomic mass is 19.1. The smallest absolute Gasteiger partial charge is 0.230 e.